The molecule has 1 aliphatic rings. The van der Waals surface area contributed by atoms with Crippen molar-refractivity contribution in [2.24, 2.45) is 0 Å². The maximum absolute atomic E-state index is 12.7. The highest BCUT2D eigenvalue weighted by Crippen LogP contribution is 2.21. The largest absolute Gasteiger partial charge is 0.354 e. The minimum atomic E-state index is -3.57. The van der Waals surface area contributed by atoms with Crippen molar-refractivity contribution in [2.75, 3.05) is 56.9 Å². The van der Waals surface area contributed by atoms with E-state index in [1.54, 1.807) is 24.3 Å². The molecule has 0 spiro atoms. The molecule has 1 amide bonds. The Hall–Kier alpha value is -1.64. The minimum Gasteiger partial charge on any atom is -0.354 e. The number of carbonyl (C=O) groups excluding carboxylic acids is 1. The van der Waals surface area contributed by atoms with Gasteiger partial charge in [-0.15, -0.1) is 0 Å². The summed E-state index contributed by atoms with van der Waals surface area (Å²) in [5.74, 6) is -0.245. The van der Waals surface area contributed by atoms with Gasteiger partial charge < -0.3 is 15.1 Å². The van der Waals surface area contributed by atoms with Crippen molar-refractivity contribution in [1.29, 1.82) is 0 Å². The molecule has 1 heterocycles. The number of hydrogen-bond donors (Lipinski definition) is 1. The molecule has 1 fully saturated rings. The third-order valence-electron chi connectivity index (χ3n) is 4.89. The molecular formula is C19H32N4O3S. The average Bonchev–Trinajstić information content (AvgIpc) is 2.64. The van der Waals surface area contributed by atoms with Gasteiger partial charge in [-0.2, -0.15) is 0 Å². The SMILES string of the molecule is CC[C@@H](C(=O)NCCCN1CCN(C)CC1)N(c1ccccc1)S(C)(=O)=O. The lowest BCUT2D eigenvalue weighted by molar-refractivity contribution is -0.122. The maximum Gasteiger partial charge on any atom is 0.243 e. The van der Waals surface area contributed by atoms with Gasteiger partial charge in [-0.25, -0.2) is 8.42 Å². The van der Waals surface area contributed by atoms with Crippen molar-refractivity contribution >= 4 is 21.6 Å². The summed E-state index contributed by atoms with van der Waals surface area (Å²) in [7, 11) is -1.44. The predicted molar refractivity (Wildman–Crippen MR) is 109 cm³/mol. The summed E-state index contributed by atoms with van der Waals surface area (Å²) in [4.78, 5) is 17.4. The molecule has 0 aromatic heterocycles. The molecule has 0 bridgehead atoms. The topological polar surface area (TPSA) is 73.0 Å². The zero-order valence-electron chi connectivity index (χ0n) is 16.6. The van der Waals surface area contributed by atoms with Crippen LogP contribution in [0.15, 0.2) is 30.3 Å². The molecule has 7 nitrogen and oxygen atoms in total. The zero-order chi connectivity index (χ0) is 19.9. The second-order valence-corrected chi connectivity index (χ2v) is 8.97. The maximum atomic E-state index is 12.7. The highest BCUT2D eigenvalue weighted by molar-refractivity contribution is 7.92. The van der Waals surface area contributed by atoms with Crippen LogP contribution in [-0.4, -0.2) is 82.7 Å². The third kappa shape index (κ3) is 6.48. The number of benzene rings is 1. The van der Waals surface area contributed by atoms with Crippen molar-refractivity contribution in [3.8, 4) is 0 Å². The van der Waals surface area contributed by atoms with E-state index in [0.717, 1.165) is 45.4 Å². The van der Waals surface area contributed by atoms with E-state index in [-0.39, 0.29) is 5.91 Å². The van der Waals surface area contributed by atoms with Crippen LogP contribution in [-0.2, 0) is 14.8 Å². The van der Waals surface area contributed by atoms with Crippen LogP contribution in [0, 0.1) is 0 Å². The van der Waals surface area contributed by atoms with Crippen molar-refractivity contribution in [3.63, 3.8) is 0 Å². The van der Waals surface area contributed by atoms with E-state index >= 15 is 0 Å². The number of hydrogen-bond acceptors (Lipinski definition) is 5. The van der Waals surface area contributed by atoms with Crippen molar-refractivity contribution < 1.29 is 13.2 Å². The van der Waals surface area contributed by atoms with Gasteiger partial charge in [0.05, 0.1) is 11.9 Å². The number of likely N-dealkylation sites (N-methyl/N-ethyl adjacent to an activating group) is 1. The van der Waals surface area contributed by atoms with E-state index in [4.69, 9.17) is 0 Å². The van der Waals surface area contributed by atoms with E-state index < -0.39 is 16.1 Å². The summed E-state index contributed by atoms with van der Waals surface area (Å²) in [6, 6.07) is 8.05. The Balaban J connectivity index is 1.91. The molecule has 1 N–H and O–H groups in total. The molecule has 0 radical (unpaired) electrons. The number of amides is 1. The van der Waals surface area contributed by atoms with E-state index in [0.29, 0.717) is 18.7 Å². The lowest BCUT2D eigenvalue weighted by Gasteiger charge is -2.32. The first-order valence-corrected chi connectivity index (χ1v) is 11.4. The highest BCUT2D eigenvalue weighted by atomic mass is 32.2. The monoisotopic (exact) mass is 396 g/mol. The van der Waals surface area contributed by atoms with Gasteiger partial charge in [-0.1, -0.05) is 25.1 Å². The van der Waals surface area contributed by atoms with Gasteiger partial charge in [0.25, 0.3) is 0 Å². The Morgan fingerprint density at radius 3 is 2.37 bits per heavy atom. The molecule has 0 unspecified atom stereocenters. The van der Waals surface area contributed by atoms with E-state index in [1.807, 2.05) is 13.0 Å². The Morgan fingerprint density at radius 2 is 1.81 bits per heavy atom. The Bertz CT molecular complexity index is 688. The van der Waals surface area contributed by atoms with Gasteiger partial charge in [0.2, 0.25) is 15.9 Å². The summed E-state index contributed by atoms with van der Waals surface area (Å²) >= 11 is 0. The molecule has 2 rings (SSSR count). The number of nitrogens with one attached hydrogen (secondary N) is 1. The number of carbonyl (C=O) groups is 1. The number of rotatable bonds is 9. The normalized spacial score (nSPS) is 17.4. The van der Waals surface area contributed by atoms with Crippen LogP contribution < -0.4 is 9.62 Å². The van der Waals surface area contributed by atoms with Gasteiger partial charge >= 0.3 is 0 Å². The van der Waals surface area contributed by atoms with Gasteiger partial charge in [0, 0.05) is 32.7 Å². The molecule has 0 saturated carbocycles. The number of para-hydroxylation sites is 1. The van der Waals surface area contributed by atoms with Crippen molar-refractivity contribution in [2.45, 2.75) is 25.8 Å². The van der Waals surface area contributed by atoms with Gasteiger partial charge in [0.15, 0.2) is 0 Å². The van der Waals surface area contributed by atoms with Crippen LogP contribution in [0.1, 0.15) is 19.8 Å². The van der Waals surface area contributed by atoms with Crippen LogP contribution in [0.25, 0.3) is 0 Å². The lowest BCUT2D eigenvalue weighted by Crippen LogP contribution is -2.50. The highest BCUT2D eigenvalue weighted by Gasteiger charge is 2.31. The molecule has 0 aliphatic carbocycles. The molecule has 1 saturated heterocycles. The molecular weight excluding hydrogens is 364 g/mol. The quantitative estimate of drug-likeness (QED) is 0.630. The predicted octanol–water partition coefficient (Wildman–Crippen LogP) is 0.985. The van der Waals surface area contributed by atoms with Gasteiger partial charge in [-0.05, 0) is 38.6 Å². The standard InChI is InChI=1S/C19H32N4O3S/c1-4-18(23(27(3,25)26)17-9-6-5-7-10-17)19(24)20-11-8-12-22-15-13-21(2)14-16-22/h5-7,9-10,18H,4,8,11-16H2,1-3H3,(H,20,24)/t18-/m0/s1. The minimum absolute atomic E-state index is 0.245. The average molecular weight is 397 g/mol. The second kappa shape index (κ2) is 10.1. The van der Waals surface area contributed by atoms with Crippen molar-refractivity contribution in [3.05, 3.63) is 30.3 Å². The van der Waals surface area contributed by atoms with E-state index in [1.165, 1.54) is 4.31 Å². The number of piperazine rings is 1. The first-order chi connectivity index (χ1) is 12.8. The summed E-state index contributed by atoms with van der Waals surface area (Å²) in [5.41, 5.74) is 0.513. The van der Waals surface area contributed by atoms with Crippen LogP contribution in [0.4, 0.5) is 5.69 Å². The zero-order valence-corrected chi connectivity index (χ0v) is 17.4. The fraction of sp³-hybridized carbons (Fsp3) is 0.632. The van der Waals surface area contributed by atoms with Crippen LogP contribution >= 0.6 is 0 Å². The summed E-state index contributed by atoms with van der Waals surface area (Å²) in [6.45, 7) is 7.58. The smallest absolute Gasteiger partial charge is 0.243 e. The summed E-state index contributed by atoms with van der Waals surface area (Å²) in [5, 5.41) is 2.92. The molecule has 1 atom stereocenters. The molecule has 27 heavy (non-hydrogen) atoms. The number of anilines is 1. The fourth-order valence-corrected chi connectivity index (χ4v) is 4.55. The first kappa shape index (κ1) is 21.7. The molecule has 8 heteroatoms. The molecule has 1 aliphatic heterocycles. The summed E-state index contributed by atoms with van der Waals surface area (Å²) < 4.78 is 25.9. The fourth-order valence-electron chi connectivity index (χ4n) is 3.34. The van der Waals surface area contributed by atoms with Crippen LogP contribution in [0.3, 0.4) is 0 Å². The van der Waals surface area contributed by atoms with Crippen molar-refractivity contribution in [1.82, 2.24) is 15.1 Å². The van der Waals surface area contributed by atoms with Crippen LogP contribution in [0.2, 0.25) is 0 Å². The van der Waals surface area contributed by atoms with E-state index in [9.17, 15) is 13.2 Å². The lowest BCUT2D eigenvalue weighted by atomic mass is 10.2. The first-order valence-electron chi connectivity index (χ1n) is 9.56. The Kier molecular flexibility index (Phi) is 8.07. The summed E-state index contributed by atoms with van der Waals surface area (Å²) in [6.07, 6.45) is 2.41. The van der Waals surface area contributed by atoms with E-state index in [2.05, 4.69) is 22.2 Å². The second-order valence-electron chi connectivity index (χ2n) is 7.11. The third-order valence-corrected chi connectivity index (χ3v) is 6.07. The van der Waals surface area contributed by atoms with Gasteiger partial charge in [-0.3, -0.25) is 9.10 Å². The van der Waals surface area contributed by atoms with Gasteiger partial charge in [0.1, 0.15) is 6.04 Å². The molecule has 1 aromatic rings. The van der Waals surface area contributed by atoms with Crippen LogP contribution in [0.5, 0.6) is 0 Å². The Morgan fingerprint density at radius 1 is 1.19 bits per heavy atom. The number of nitrogens with zero attached hydrogens (tertiary/aromatic N) is 3. The molecule has 152 valence electrons. The molecule has 1 aromatic carbocycles. The Labute approximate surface area is 163 Å². The number of sulfonamides is 1.